The number of ether oxygens (including phenoxy) is 1. The van der Waals surface area contributed by atoms with Gasteiger partial charge in [0.15, 0.2) is 0 Å². The largest absolute Gasteiger partial charge is 0.374 e. The van der Waals surface area contributed by atoms with Gasteiger partial charge in [-0.2, -0.15) is 0 Å². The second kappa shape index (κ2) is 7.55. The van der Waals surface area contributed by atoms with Crippen LogP contribution in [0.4, 0.5) is 0 Å². The van der Waals surface area contributed by atoms with Crippen LogP contribution >= 0.6 is 0 Å². The van der Waals surface area contributed by atoms with E-state index < -0.39 is 0 Å². The summed E-state index contributed by atoms with van der Waals surface area (Å²) >= 11 is 0. The van der Waals surface area contributed by atoms with Gasteiger partial charge in [-0.05, 0) is 30.5 Å². The monoisotopic (exact) mass is 247 g/mol. The first-order chi connectivity index (χ1) is 8.88. The van der Waals surface area contributed by atoms with Crippen molar-refractivity contribution in [1.82, 2.24) is 5.32 Å². The minimum Gasteiger partial charge on any atom is -0.374 e. The molecule has 0 bridgehead atoms. The molecule has 0 atom stereocenters. The lowest BCUT2D eigenvalue weighted by Crippen LogP contribution is -2.16. The predicted molar refractivity (Wildman–Crippen MR) is 75.5 cm³/mol. The number of hydrogen-bond donors (Lipinski definition) is 1. The maximum Gasteiger partial charge on any atom is 0.0720 e. The molecular weight excluding hydrogens is 222 g/mol. The van der Waals surface area contributed by atoms with Gasteiger partial charge in [0.05, 0.1) is 12.7 Å². The van der Waals surface area contributed by atoms with Crippen LogP contribution < -0.4 is 5.32 Å². The highest BCUT2D eigenvalue weighted by Gasteiger charge is 2.13. The van der Waals surface area contributed by atoms with Gasteiger partial charge in [-0.3, -0.25) is 0 Å². The highest BCUT2D eigenvalue weighted by molar-refractivity contribution is 5.21. The molecule has 0 heterocycles. The second-order valence-electron chi connectivity index (χ2n) is 5.17. The third-order valence-corrected chi connectivity index (χ3v) is 3.64. The molecule has 2 nitrogen and oxygen atoms in total. The van der Waals surface area contributed by atoms with E-state index in [9.17, 15) is 0 Å². The number of nitrogens with one attached hydrogen (secondary N) is 1. The topological polar surface area (TPSA) is 21.3 Å². The smallest absolute Gasteiger partial charge is 0.0720 e. The van der Waals surface area contributed by atoms with Gasteiger partial charge in [0, 0.05) is 6.54 Å². The Balaban J connectivity index is 1.75. The number of hydrogen-bond acceptors (Lipinski definition) is 2. The molecule has 0 saturated heterocycles. The van der Waals surface area contributed by atoms with Gasteiger partial charge >= 0.3 is 0 Å². The zero-order valence-corrected chi connectivity index (χ0v) is 11.5. The van der Waals surface area contributed by atoms with E-state index in [2.05, 4.69) is 36.5 Å². The van der Waals surface area contributed by atoms with Gasteiger partial charge in [-0.15, -0.1) is 0 Å². The summed E-state index contributed by atoms with van der Waals surface area (Å²) in [5.41, 5.74) is 2.64. The molecule has 0 aromatic heterocycles. The molecule has 0 amide bonds. The van der Waals surface area contributed by atoms with E-state index >= 15 is 0 Å². The maximum absolute atomic E-state index is 5.97. The van der Waals surface area contributed by atoms with Crippen LogP contribution in [0.25, 0.3) is 0 Å². The summed E-state index contributed by atoms with van der Waals surface area (Å²) in [6, 6.07) is 8.77. The van der Waals surface area contributed by atoms with Crippen LogP contribution in [0.3, 0.4) is 0 Å². The van der Waals surface area contributed by atoms with E-state index in [1.807, 2.05) is 0 Å². The fraction of sp³-hybridized carbons (Fsp3) is 0.625. The first-order valence-electron chi connectivity index (χ1n) is 7.28. The molecule has 2 rings (SSSR count). The van der Waals surface area contributed by atoms with Gasteiger partial charge in [0.2, 0.25) is 0 Å². The Bertz CT molecular complexity index is 327. The van der Waals surface area contributed by atoms with Crippen molar-refractivity contribution in [3.8, 4) is 0 Å². The molecule has 1 fully saturated rings. The van der Waals surface area contributed by atoms with Crippen molar-refractivity contribution in [2.45, 2.75) is 58.3 Å². The molecule has 0 spiro atoms. The van der Waals surface area contributed by atoms with Crippen LogP contribution in [-0.4, -0.2) is 12.6 Å². The Morgan fingerprint density at radius 3 is 2.39 bits per heavy atom. The third kappa shape index (κ3) is 4.43. The van der Waals surface area contributed by atoms with Crippen molar-refractivity contribution < 1.29 is 4.74 Å². The van der Waals surface area contributed by atoms with Crippen LogP contribution in [0.5, 0.6) is 0 Å². The van der Waals surface area contributed by atoms with E-state index in [1.165, 1.54) is 43.2 Å². The third-order valence-electron chi connectivity index (χ3n) is 3.64. The molecule has 0 aliphatic heterocycles. The fourth-order valence-electron chi connectivity index (χ4n) is 2.47. The molecule has 2 heteroatoms. The minimum atomic E-state index is 0.500. The highest BCUT2D eigenvalue weighted by Crippen LogP contribution is 2.21. The molecule has 100 valence electrons. The summed E-state index contributed by atoms with van der Waals surface area (Å²) in [5, 5.41) is 3.34. The molecule has 1 aromatic rings. The molecule has 0 radical (unpaired) electrons. The molecule has 1 saturated carbocycles. The first-order valence-corrected chi connectivity index (χ1v) is 7.28. The Morgan fingerprint density at radius 2 is 1.72 bits per heavy atom. The lowest BCUT2D eigenvalue weighted by atomic mass is 9.98. The molecule has 1 aromatic carbocycles. The zero-order chi connectivity index (χ0) is 12.6. The predicted octanol–water partition coefficient (Wildman–Crippen LogP) is 3.65. The Labute approximate surface area is 111 Å². The average Bonchev–Trinajstić information content (AvgIpc) is 2.45. The standard InChI is InChI=1S/C16H25NO/c1-2-17-12-14-8-10-15(11-9-14)13-18-16-6-4-3-5-7-16/h8-11,16-17H,2-7,12-13H2,1H3. The van der Waals surface area contributed by atoms with E-state index in [0.717, 1.165) is 19.7 Å². The minimum absolute atomic E-state index is 0.500. The van der Waals surface area contributed by atoms with Gasteiger partial charge in [0.1, 0.15) is 0 Å². The van der Waals surface area contributed by atoms with Gasteiger partial charge in [0.25, 0.3) is 0 Å². The Kier molecular flexibility index (Phi) is 5.69. The Morgan fingerprint density at radius 1 is 1.06 bits per heavy atom. The lowest BCUT2D eigenvalue weighted by molar-refractivity contribution is 0.0168. The fourth-order valence-corrected chi connectivity index (χ4v) is 2.47. The van der Waals surface area contributed by atoms with Gasteiger partial charge in [-0.25, -0.2) is 0 Å². The van der Waals surface area contributed by atoms with E-state index in [4.69, 9.17) is 4.74 Å². The van der Waals surface area contributed by atoms with E-state index in [0.29, 0.717) is 6.10 Å². The average molecular weight is 247 g/mol. The van der Waals surface area contributed by atoms with Crippen molar-refractivity contribution in [2.75, 3.05) is 6.54 Å². The van der Waals surface area contributed by atoms with Crippen LogP contribution in [0.15, 0.2) is 24.3 Å². The molecule has 0 unspecified atom stereocenters. The lowest BCUT2D eigenvalue weighted by Gasteiger charge is -2.22. The van der Waals surface area contributed by atoms with Crippen molar-refractivity contribution in [2.24, 2.45) is 0 Å². The van der Waals surface area contributed by atoms with Crippen LogP contribution in [-0.2, 0) is 17.9 Å². The number of benzene rings is 1. The summed E-state index contributed by atoms with van der Waals surface area (Å²) in [4.78, 5) is 0. The van der Waals surface area contributed by atoms with Crippen molar-refractivity contribution in [3.63, 3.8) is 0 Å². The summed E-state index contributed by atoms with van der Waals surface area (Å²) in [5.74, 6) is 0. The van der Waals surface area contributed by atoms with Gasteiger partial charge < -0.3 is 10.1 Å². The van der Waals surface area contributed by atoms with Gasteiger partial charge in [-0.1, -0.05) is 50.5 Å². The first kappa shape index (κ1) is 13.6. The Hall–Kier alpha value is -0.860. The molecule has 1 aliphatic rings. The summed E-state index contributed by atoms with van der Waals surface area (Å²) in [6.07, 6.45) is 7.06. The molecule has 1 N–H and O–H groups in total. The van der Waals surface area contributed by atoms with Crippen molar-refractivity contribution in [1.29, 1.82) is 0 Å². The SMILES string of the molecule is CCNCc1ccc(COC2CCCCC2)cc1. The highest BCUT2D eigenvalue weighted by atomic mass is 16.5. The maximum atomic E-state index is 5.97. The molecule has 1 aliphatic carbocycles. The van der Waals surface area contributed by atoms with Crippen LogP contribution in [0.1, 0.15) is 50.2 Å². The van der Waals surface area contributed by atoms with E-state index in [1.54, 1.807) is 0 Å². The molecule has 18 heavy (non-hydrogen) atoms. The zero-order valence-electron chi connectivity index (χ0n) is 11.5. The van der Waals surface area contributed by atoms with Crippen molar-refractivity contribution >= 4 is 0 Å². The van der Waals surface area contributed by atoms with Crippen LogP contribution in [0.2, 0.25) is 0 Å². The molecular formula is C16H25NO. The summed E-state index contributed by atoms with van der Waals surface area (Å²) in [7, 11) is 0. The number of rotatable bonds is 6. The quantitative estimate of drug-likeness (QED) is 0.828. The van der Waals surface area contributed by atoms with Crippen molar-refractivity contribution in [3.05, 3.63) is 35.4 Å². The summed E-state index contributed by atoms with van der Waals surface area (Å²) in [6.45, 7) is 4.88. The van der Waals surface area contributed by atoms with E-state index in [-0.39, 0.29) is 0 Å². The van der Waals surface area contributed by atoms with Crippen LogP contribution in [0, 0.1) is 0 Å². The summed E-state index contributed by atoms with van der Waals surface area (Å²) < 4.78 is 5.97. The normalized spacial score (nSPS) is 16.9. The second-order valence-corrected chi connectivity index (χ2v) is 5.17.